The number of rotatable bonds is 2. The van der Waals surface area contributed by atoms with Crippen molar-refractivity contribution in [2.45, 2.75) is 49.5 Å². The zero-order chi connectivity index (χ0) is 13.5. The predicted octanol–water partition coefficient (Wildman–Crippen LogP) is 1.76. The SMILES string of the molecule is Cn1cc(S(=O)(=O)N2CCC[C@@H]3CCCC[C@@H]32)cn1. The number of sulfonamides is 1. The number of fused-ring (bicyclic) bond motifs is 1. The van der Waals surface area contributed by atoms with Gasteiger partial charge in [0.05, 0.1) is 6.20 Å². The van der Waals surface area contributed by atoms with Gasteiger partial charge in [-0.05, 0) is 31.6 Å². The van der Waals surface area contributed by atoms with E-state index in [2.05, 4.69) is 5.10 Å². The summed E-state index contributed by atoms with van der Waals surface area (Å²) in [7, 11) is -1.61. The minimum atomic E-state index is -3.36. The molecule has 0 N–H and O–H groups in total. The normalized spacial score (nSPS) is 29.1. The Bertz CT molecular complexity index is 550. The van der Waals surface area contributed by atoms with Crippen molar-refractivity contribution in [3.63, 3.8) is 0 Å². The summed E-state index contributed by atoms with van der Waals surface area (Å²) in [6.45, 7) is 0.665. The molecule has 0 bridgehead atoms. The summed E-state index contributed by atoms with van der Waals surface area (Å²) in [4.78, 5) is 0.334. The summed E-state index contributed by atoms with van der Waals surface area (Å²) in [6.07, 6.45) is 9.84. The van der Waals surface area contributed by atoms with Crippen LogP contribution in [0.15, 0.2) is 17.3 Å². The van der Waals surface area contributed by atoms with Crippen LogP contribution in [0.2, 0.25) is 0 Å². The van der Waals surface area contributed by atoms with Crippen molar-refractivity contribution < 1.29 is 8.42 Å². The molecule has 1 aliphatic carbocycles. The average Bonchev–Trinajstić information content (AvgIpc) is 2.85. The molecule has 1 saturated carbocycles. The molecule has 5 nitrogen and oxygen atoms in total. The molecule has 6 heteroatoms. The van der Waals surface area contributed by atoms with Crippen LogP contribution in [0.1, 0.15) is 38.5 Å². The maximum absolute atomic E-state index is 12.7. The Kier molecular flexibility index (Phi) is 3.39. The Morgan fingerprint density at radius 1 is 1.21 bits per heavy atom. The highest BCUT2D eigenvalue weighted by Crippen LogP contribution is 2.37. The van der Waals surface area contributed by atoms with Crippen molar-refractivity contribution in [2.75, 3.05) is 6.54 Å². The fourth-order valence-corrected chi connectivity index (χ4v) is 5.29. The van der Waals surface area contributed by atoms with E-state index < -0.39 is 10.0 Å². The van der Waals surface area contributed by atoms with E-state index in [1.54, 1.807) is 22.2 Å². The monoisotopic (exact) mass is 283 g/mol. The van der Waals surface area contributed by atoms with Crippen molar-refractivity contribution in [1.29, 1.82) is 0 Å². The zero-order valence-corrected chi connectivity index (χ0v) is 12.1. The molecule has 2 aliphatic rings. The lowest BCUT2D eigenvalue weighted by atomic mass is 9.79. The maximum atomic E-state index is 12.7. The highest BCUT2D eigenvalue weighted by molar-refractivity contribution is 7.89. The summed E-state index contributed by atoms with van der Waals surface area (Å²) in [6, 6.07) is 0.215. The molecular weight excluding hydrogens is 262 g/mol. The molecule has 1 aromatic heterocycles. The van der Waals surface area contributed by atoms with Gasteiger partial charge in [0.1, 0.15) is 4.90 Å². The molecule has 2 fully saturated rings. The summed E-state index contributed by atoms with van der Waals surface area (Å²) in [5, 5.41) is 3.99. The van der Waals surface area contributed by atoms with Crippen LogP contribution in [0.25, 0.3) is 0 Å². The number of hydrogen-bond donors (Lipinski definition) is 0. The zero-order valence-electron chi connectivity index (χ0n) is 11.3. The molecule has 0 amide bonds. The second-order valence-corrected chi connectivity index (χ2v) is 7.61. The molecule has 1 aliphatic heterocycles. The van der Waals surface area contributed by atoms with Crippen LogP contribution in [0.5, 0.6) is 0 Å². The van der Waals surface area contributed by atoms with Crippen molar-refractivity contribution in [3.8, 4) is 0 Å². The molecule has 19 heavy (non-hydrogen) atoms. The van der Waals surface area contributed by atoms with Crippen LogP contribution < -0.4 is 0 Å². The van der Waals surface area contributed by atoms with E-state index in [0.29, 0.717) is 17.4 Å². The largest absolute Gasteiger partial charge is 0.274 e. The lowest BCUT2D eigenvalue weighted by Gasteiger charge is -2.42. The summed E-state index contributed by atoms with van der Waals surface area (Å²) >= 11 is 0. The molecule has 3 rings (SSSR count). The Balaban J connectivity index is 1.91. The molecule has 2 atom stereocenters. The minimum absolute atomic E-state index is 0.215. The first-order valence-electron chi connectivity index (χ1n) is 7.09. The molecule has 0 aromatic carbocycles. The first-order valence-corrected chi connectivity index (χ1v) is 8.53. The predicted molar refractivity (Wildman–Crippen MR) is 72.1 cm³/mol. The van der Waals surface area contributed by atoms with Gasteiger partial charge in [0, 0.05) is 25.8 Å². The third-order valence-electron chi connectivity index (χ3n) is 4.48. The number of aromatic nitrogens is 2. The van der Waals surface area contributed by atoms with Crippen LogP contribution >= 0.6 is 0 Å². The van der Waals surface area contributed by atoms with Crippen molar-refractivity contribution in [1.82, 2.24) is 14.1 Å². The Morgan fingerprint density at radius 2 is 1.95 bits per heavy atom. The number of nitrogens with zero attached hydrogens (tertiary/aromatic N) is 3. The van der Waals surface area contributed by atoms with E-state index in [1.165, 1.54) is 25.5 Å². The first-order chi connectivity index (χ1) is 9.09. The fourth-order valence-electron chi connectivity index (χ4n) is 3.54. The quantitative estimate of drug-likeness (QED) is 0.831. The highest BCUT2D eigenvalue weighted by atomic mass is 32.2. The van der Waals surface area contributed by atoms with Crippen molar-refractivity contribution >= 4 is 10.0 Å². The van der Waals surface area contributed by atoms with E-state index in [4.69, 9.17) is 0 Å². The van der Waals surface area contributed by atoms with Gasteiger partial charge in [-0.3, -0.25) is 4.68 Å². The van der Waals surface area contributed by atoms with Gasteiger partial charge in [-0.15, -0.1) is 0 Å². The molecule has 0 spiro atoms. The van der Waals surface area contributed by atoms with Crippen molar-refractivity contribution in [3.05, 3.63) is 12.4 Å². The van der Waals surface area contributed by atoms with E-state index in [9.17, 15) is 8.42 Å². The molecule has 2 heterocycles. The maximum Gasteiger partial charge on any atom is 0.246 e. The van der Waals surface area contributed by atoms with E-state index in [0.717, 1.165) is 19.3 Å². The number of aryl methyl sites for hydroxylation is 1. The summed E-state index contributed by atoms with van der Waals surface area (Å²) in [5.74, 6) is 0.564. The molecule has 0 radical (unpaired) electrons. The Labute approximate surface area is 114 Å². The number of piperidine rings is 1. The molecular formula is C13H21N3O2S. The molecule has 1 aromatic rings. The molecule has 0 unspecified atom stereocenters. The van der Waals surface area contributed by atoms with Crippen LogP contribution in [0, 0.1) is 5.92 Å². The second-order valence-electron chi connectivity index (χ2n) is 5.72. The fraction of sp³-hybridized carbons (Fsp3) is 0.769. The summed E-state index contributed by atoms with van der Waals surface area (Å²) in [5.41, 5.74) is 0. The Hall–Kier alpha value is -0.880. The van der Waals surface area contributed by atoms with Gasteiger partial charge in [0.15, 0.2) is 0 Å². The van der Waals surface area contributed by atoms with E-state index >= 15 is 0 Å². The number of hydrogen-bond acceptors (Lipinski definition) is 3. The van der Waals surface area contributed by atoms with Gasteiger partial charge in [-0.25, -0.2) is 8.42 Å². The standard InChI is InChI=1S/C13H21N3O2S/c1-15-10-12(9-14-15)19(17,18)16-8-4-6-11-5-2-3-7-13(11)16/h9-11,13H,2-8H2,1H3/t11-,13-/m0/s1. The first kappa shape index (κ1) is 13.1. The Morgan fingerprint density at radius 3 is 2.68 bits per heavy atom. The van der Waals surface area contributed by atoms with Crippen molar-refractivity contribution in [2.24, 2.45) is 13.0 Å². The van der Waals surface area contributed by atoms with Gasteiger partial charge >= 0.3 is 0 Å². The lowest BCUT2D eigenvalue weighted by molar-refractivity contribution is 0.129. The van der Waals surface area contributed by atoms with Crippen LogP contribution in [0.3, 0.4) is 0 Å². The van der Waals surface area contributed by atoms with Gasteiger partial charge < -0.3 is 0 Å². The third kappa shape index (κ3) is 2.31. The van der Waals surface area contributed by atoms with E-state index in [1.807, 2.05) is 0 Å². The average molecular weight is 283 g/mol. The lowest BCUT2D eigenvalue weighted by Crippen LogP contribution is -2.49. The van der Waals surface area contributed by atoms with Gasteiger partial charge in [-0.1, -0.05) is 12.8 Å². The molecule has 106 valence electrons. The third-order valence-corrected chi connectivity index (χ3v) is 6.36. The van der Waals surface area contributed by atoms with Gasteiger partial charge in [-0.2, -0.15) is 9.40 Å². The summed E-state index contributed by atoms with van der Waals surface area (Å²) < 4.78 is 28.8. The van der Waals surface area contributed by atoms with E-state index in [-0.39, 0.29) is 6.04 Å². The molecule has 1 saturated heterocycles. The minimum Gasteiger partial charge on any atom is -0.274 e. The van der Waals surface area contributed by atoms with Crippen LogP contribution in [-0.2, 0) is 17.1 Å². The topological polar surface area (TPSA) is 55.2 Å². The second kappa shape index (κ2) is 4.90. The van der Waals surface area contributed by atoms with Gasteiger partial charge in [0.2, 0.25) is 10.0 Å². The van der Waals surface area contributed by atoms with Crippen LogP contribution in [-0.4, -0.2) is 35.1 Å². The highest BCUT2D eigenvalue weighted by Gasteiger charge is 2.40. The smallest absolute Gasteiger partial charge is 0.246 e. The van der Waals surface area contributed by atoms with Gasteiger partial charge in [0.25, 0.3) is 0 Å². The van der Waals surface area contributed by atoms with Crippen LogP contribution in [0.4, 0.5) is 0 Å².